The van der Waals surface area contributed by atoms with Gasteiger partial charge < -0.3 is 26.2 Å². The van der Waals surface area contributed by atoms with Crippen molar-refractivity contribution in [3.8, 4) is 17.2 Å². The molecule has 0 radical (unpaired) electrons. The first kappa shape index (κ1) is 29.7. The van der Waals surface area contributed by atoms with Gasteiger partial charge in [0.2, 0.25) is 0 Å². The molecule has 5 rings (SSSR count). The number of alkyl halides is 3. The zero-order chi connectivity index (χ0) is 30.7. The predicted octanol–water partition coefficient (Wildman–Crippen LogP) is 4.04. The van der Waals surface area contributed by atoms with Crippen LogP contribution in [0.5, 0.6) is 0 Å². The topological polar surface area (TPSA) is 154 Å². The number of anilines is 3. The van der Waals surface area contributed by atoms with Crippen molar-refractivity contribution in [1.29, 1.82) is 5.26 Å². The molecule has 1 atom stereocenters. The number of carbonyl (C=O) groups excluding carboxylic acids is 1. The van der Waals surface area contributed by atoms with Crippen LogP contribution in [0.25, 0.3) is 16.6 Å². The second-order valence-electron chi connectivity index (χ2n) is 9.80. The highest BCUT2D eigenvalue weighted by Crippen LogP contribution is 2.37. The van der Waals surface area contributed by atoms with E-state index in [1.54, 1.807) is 28.8 Å². The van der Waals surface area contributed by atoms with Crippen LogP contribution >= 0.6 is 0 Å². The molecule has 1 saturated heterocycles. The van der Waals surface area contributed by atoms with Crippen molar-refractivity contribution in [3.05, 3.63) is 71.4 Å². The van der Waals surface area contributed by atoms with E-state index in [1.807, 2.05) is 0 Å². The molecule has 11 nitrogen and oxygen atoms in total. The number of halogens is 4. The number of amides is 2. The van der Waals surface area contributed by atoms with Crippen molar-refractivity contribution >= 4 is 28.7 Å². The van der Waals surface area contributed by atoms with E-state index < -0.39 is 29.3 Å². The molecular formula is C28H26F4N8O3. The summed E-state index contributed by atoms with van der Waals surface area (Å²) < 4.78 is 60.3. The zero-order valence-electron chi connectivity index (χ0n) is 22.5. The summed E-state index contributed by atoms with van der Waals surface area (Å²) in [5, 5.41) is 28.2. The Morgan fingerprint density at radius 1 is 1.21 bits per heavy atom. The van der Waals surface area contributed by atoms with Crippen LogP contribution in [0.4, 0.5) is 39.5 Å². The predicted molar refractivity (Wildman–Crippen MR) is 148 cm³/mol. The average molecular weight is 599 g/mol. The second kappa shape index (κ2) is 12.2. The van der Waals surface area contributed by atoms with Gasteiger partial charge in [-0.2, -0.15) is 23.5 Å². The lowest BCUT2D eigenvalue weighted by molar-refractivity contribution is -0.137. The quantitative estimate of drug-likeness (QED) is 0.233. The molecule has 1 unspecified atom stereocenters. The molecule has 1 aliphatic heterocycles. The summed E-state index contributed by atoms with van der Waals surface area (Å²) in [5.74, 6) is -0.834. The third-order valence-corrected chi connectivity index (χ3v) is 6.99. The third-order valence-electron chi connectivity index (χ3n) is 6.99. The Labute approximate surface area is 242 Å². The van der Waals surface area contributed by atoms with E-state index in [9.17, 15) is 32.7 Å². The number of fused-ring (bicyclic) bond motifs is 1. The number of carbonyl (C=O) groups is 1. The van der Waals surface area contributed by atoms with Crippen LogP contribution < -0.4 is 16.4 Å². The molecule has 0 spiro atoms. The maximum Gasteiger partial charge on any atom is 0.416 e. The fraction of sp³-hybridized carbons (Fsp3) is 0.286. The van der Waals surface area contributed by atoms with Crippen molar-refractivity contribution < 1.29 is 32.2 Å². The molecule has 0 aliphatic carbocycles. The first-order chi connectivity index (χ1) is 20.6. The summed E-state index contributed by atoms with van der Waals surface area (Å²) in [4.78, 5) is 18.7. The van der Waals surface area contributed by atoms with Crippen molar-refractivity contribution in [2.24, 2.45) is 0 Å². The number of nitriles is 1. The van der Waals surface area contributed by atoms with E-state index in [2.05, 4.69) is 31.7 Å². The second-order valence-corrected chi connectivity index (χ2v) is 9.80. The number of morpholine rings is 1. The summed E-state index contributed by atoms with van der Waals surface area (Å²) in [6, 6.07) is 9.41. The SMILES string of the molecule is N#CCc1c(-c2ccc(NC(=O)Nc3cc(C(F)(F)F)ccc3F)cc2)c2c(N)ncnn2c1CN1CCOC(CO)C1. The van der Waals surface area contributed by atoms with Gasteiger partial charge in [0.05, 0.1) is 48.8 Å². The Morgan fingerprint density at radius 2 is 1.98 bits per heavy atom. The highest BCUT2D eigenvalue weighted by Gasteiger charge is 2.31. The average Bonchev–Trinajstić information content (AvgIpc) is 3.28. The summed E-state index contributed by atoms with van der Waals surface area (Å²) >= 11 is 0. The molecule has 2 aromatic carbocycles. The summed E-state index contributed by atoms with van der Waals surface area (Å²) in [7, 11) is 0. The minimum Gasteiger partial charge on any atom is -0.394 e. The number of benzene rings is 2. The van der Waals surface area contributed by atoms with E-state index >= 15 is 0 Å². The van der Waals surface area contributed by atoms with Crippen molar-refractivity contribution in [3.63, 3.8) is 0 Å². The fourth-order valence-electron chi connectivity index (χ4n) is 5.01. The molecule has 43 heavy (non-hydrogen) atoms. The van der Waals surface area contributed by atoms with Gasteiger partial charge >= 0.3 is 12.2 Å². The van der Waals surface area contributed by atoms with Crippen LogP contribution in [0.1, 0.15) is 16.8 Å². The Balaban J connectivity index is 1.43. The minimum absolute atomic E-state index is 0.0339. The number of rotatable bonds is 7. The van der Waals surface area contributed by atoms with Crippen LogP contribution in [-0.4, -0.2) is 63.0 Å². The molecule has 0 saturated carbocycles. The fourth-order valence-corrected chi connectivity index (χ4v) is 5.01. The molecule has 224 valence electrons. The molecule has 0 bridgehead atoms. The number of urea groups is 1. The number of nitrogens with two attached hydrogens (primary N) is 1. The van der Waals surface area contributed by atoms with E-state index in [-0.39, 0.29) is 30.6 Å². The highest BCUT2D eigenvalue weighted by molar-refractivity contribution is 6.00. The monoisotopic (exact) mass is 598 g/mol. The van der Waals surface area contributed by atoms with E-state index in [4.69, 9.17) is 10.5 Å². The van der Waals surface area contributed by atoms with Crippen LogP contribution in [0.15, 0.2) is 48.8 Å². The van der Waals surface area contributed by atoms with Gasteiger partial charge in [-0.25, -0.2) is 18.7 Å². The first-order valence-electron chi connectivity index (χ1n) is 13.1. The van der Waals surface area contributed by atoms with Crippen LogP contribution in [0.3, 0.4) is 0 Å². The Kier molecular flexibility index (Phi) is 8.44. The van der Waals surface area contributed by atoms with E-state index in [0.29, 0.717) is 66.6 Å². The number of hydrogen-bond donors (Lipinski definition) is 4. The van der Waals surface area contributed by atoms with Gasteiger partial charge in [-0.1, -0.05) is 12.1 Å². The largest absolute Gasteiger partial charge is 0.416 e. The molecule has 1 fully saturated rings. The van der Waals surface area contributed by atoms with Crippen LogP contribution in [0.2, 0.25) is 0 Å². The van der Waals surface area contributed by atoms with Gasteiger partial charge in [-0.3, -0.25) is 4.90 Å². The van der Waals surface area contributed by atoms with Gasteiger partial charge in [-0.15, -0.1) is 0 Å². The summed E-state index contributed by atoms with van der Waals surface area (Å²) in [6.45, 7) is 1.82. The lowest BCUT2D eigenvalue weighted by Crippen LogP contribution is -2.43. The standard InChI is InChI=1S/C28H26F4N8O3/c29-21-6-3-17(28(30,31)32)11-22(21)38-27(42)37-18-4-1-16(2-5-18)24-20(7-8-33)23(40-25(24)26(34)35-15-36-40)13-39-9-10-43-19(12-39)14-41/h1-6,11,15,19,41H,7,9-10,12-14H2,(H2,34,35,36)(H2,37,38,42). The van der Waals surface area contributed by atoms with Crippen molar-refractivity contribution in [1.82, 2.24) is 19.5 Å². The van der Waals surface area contributed by atoms with Gasteiger partial charge in [-0.05, 0) is 41.5 Å². The van der Waals surface area contributed by atoms with Gasteiger partial charge in [0.1, 0.15) is 17.7 Å². The van der Waals surface area contributed by atoms with Crippen molar-refractivity contribution in [2.75, 3.05) is 42.7 Å². The normalized spacial score (nSPS) is 15.8. The number of aliphatic hydroxyl groups excluding tert-OH is 1. The number of nitrogens with one attached hydrogen (secondary N) is 2. The third kappa shape index (κ3) is 6.36. The smallest absolute Gasteiger partial charge is 0.394 e. The summed E-state index contributed by atoms with van der Waals surface area (Å²) in [5.41, 5.74) is 7.99. The highest BCUT2D eigenvalue weighted by atomic mass is 19.4. The van der Waals surface area contributed by atoms with Gasteiger partial charge in [0.15, 0.2) is 5.82 Å². The van der Waals surface area contributed by atoms with E-state index in [0.717, 1.165) is 5.69 Å². The number of nitrogens with zero attached hydrogens (tertiary/aromatic N) is 5. The lowest BCUT2D eigenvalue weighted by Gasteiger charge is -2.32. The van der Waals surface area contributed by atoms with Crippen LogP contribution in [0, 0.1) is 17.1 Å². The molecule has 5 N–H and O–H groups in total. The first-order valence-corrected chi connectivity index (χ1v) is 13.1. The van der Waals surface area contributed by atoms with E-state index in [1.165, 1.54) is 6.33 Å². The number of aromatic nitrogens is 3. The molecule has 2 amide bonds. The van der Waals surface area contributed by atoms with Gasteiger partial charge in [0.25, 0.3) is 0 Å². The molecule has 4 aromatic rings. The molecule has 2 aromatic heterocycles. The zero-order valence-corrected chi connectivity index (χ0v) is 22.5. The molecule has 1 aliphatic rings. The molecule has 3 heterocycles. The molecule has 15 heteroatoms. The maximum absolute atomic E-state index is 14.1. The number of aliphatic hydroxyl groups is 1. The number of nitrogen functional groups attached to an aromatic ring is 1. The Morgan fingerprint density at radius 3 is 2.67 bits per heavy atom. The Bertz CT molecular complexity index is 1680. The lowest BCUT2D eigenvalue weighted by atomic mass is 9.98. The van der Waals surface area contributed by atoms with Crippen LogP contribution in [-0.2, 0) is 23.9 Å². The Hall–Kier alpha value is -4.78. The summed E-state index contributed by atoms with van der Waals surface area (Å²) in [6.07, 6.45) is -3.68. The van der Waals surface area contributed by atoms with Gasteiger partial charge in [0, 0.05) is 30.9 Å². The molecular weight excluding hydrogens is 572 g/mol. The van der Waals surface area contributed by atoms with Crippen molar-refractivity contribution in [2.45, 2.75) is 25.2 Å². The maximum atomic E-state index is 14.1. The minimum atomic E-state index is -4.71. The number of hydrogen-bond acceptors (Lipinski definition) is 8. The number of ether oxygens (including phenoxy) is 1.